The van der Waals surface area contributed by atoms with Gasteiger partial charge in [0.2, 0.25) is 0 Å². The second-order valence-electron chi connectivity index (χ2n) is 4.44. The first-order valence-corrected chi connectivity index (χ1v) is 6.99. The highest BCUT2D eigenvalue weighted by Gasteiger charge is 2.08. The second kappa shape index (κ2) is 13.8. The SMILES string of the molecule is C=C(C)C(=O)OC.C=CC(=O)OC(CC)CCCCC. The molecule has 1 unspecified atom stereocenters. The first-order chi connectivity index (χ1) is 9.42. The van der Waals surface area contributed by atoms with E-state index in [0.717, 1.165) is 19.3 Å². The Balaban J connectivity index is 0. The monoisotopic (exact) mass is 284 g/mol. The molecule has 0 aliphatic carbocycles. The number of rotatable bonds is 8. The minimum Gasteiger partial charge on any atom is -0.466 e. The molecule has 0 saturated carbocycles. The maximum atomic E-state index is 10.9. The average molecular weight is 284 g/mol. The summed E-state index contributed by atoms with van der Waals surface area (Å²) in [7, 11) is 1.33. The van der Waals surface area contributed by atoms with Crippen LogP contribution in [0.25, 0.3) is 0 Å². The molecule has 116 valence electrons. The Morgan fingerprint density at radius 3 is 2.15 bits per heavy atom. The van der Waals surface area contributed by atoms with E-state index in [0.29, 0.717) is 5.57 Å². The Labute approximate surface area is 122 Å². The van der Waals surface area contributed by atoms with Gasteiger partial charge < -0.3 is 9.47 Å². The van der Waals surface area contributed by atoms with Crippen molar-refractivity contribution in [3.05, 3.63) is 24.8 Å². The van der Waals surface area contributed by atoms with Crippen LogP contribution in [0.4, 0.5) is 0 Å². The number of ether oxygens (including phenoxy) is 2. The molecule has 0 aromatic carbocycles. The molecule has 0 N–H and O–H groups in total. The highest BCUT2D eigenvalue weighted by Crippen LogP contribution is 2.10. The minimum absolute atomic E-state index is 0.0806. The van der Waals surface area contributed by atoms with Crippen molar-refractivity contribution in [2.24, 2.45) is 0 Å². The van der Waals surface area contributed by atoms with Crippen molar-refractivity contribution in [1.29, 1.82) is 0 Å². The van der Waals surface area contributed by atoms with E-state index in [9.17, 15) is 9.59 Å². The molecule has 0 spiro atoms. The van der Waals surface area contributed by atoms with E-state index in [4.69, 9.17) is 4.74 Å². The zero-order chi connectivity index (χ0) is 16.0. The van der Waals surface area contributed by atoms with Crippen molar-refractivity contribution >= 4 is 11.9 Å². The number of hydrogen-bond donors (Lipinski definition) is 0. The molecular formula is C16H28O4. The Morgan fingerprint density at radius 2 is 1.85 bits per heavy atom. The average Bonchev–Trinajstić information content (AvgIpc) is 2.45. The van der Waals surface area contributed by atoms with Crippen molar-refractivity contribution in [3.63, 3.8) is 0 Å². The van der Waals surface area contributed by atoms with Crippen LogP contribution in [0.15, 0.2) is 24.8 Å². The topological polar surface area (TPSA) is 52.6 Å². The summed E-state index contributed by atoms with van der Waals surface area (Å²) >= 11 is 0. The zero-order valence-electron chi connectivity index (χ0n) is 13.2. The molecule has 0 rings (SSSR count). The van der Waals surface area contributed by atoms with E-state index in [2.05, 4.69) is 24.8 Å². The molecule has 0 fully saturated rings. The number of carbonyl (C=O) groups excluding carboxylic acids is 2. The molecule has 0 aromatic rings. The Hall–Kier alpha value is -1.58. The van der Waals surface area contributed by atoms with Gasteiger partial charge in [-0.15, -0.1) is 0 Å². The molecule has 0 aliphatic rings. The number of carbonyl (C=O) groups is 2. The van der Waals surface area contributed by atoms with Gasteiger partial charge in [-0.3, -0.25) is 0 Å². The molecule has 4 nitrogen and oxygen atoms in total. The molecule has 0 heterocycles. The molecule has 0 aliphatic heterocycles. The third kappa shape index (κ3) is 12.9. The number of hydrogen-bond acceptors (Lipinski definition) is 4. The summed E-state index contributed by atoms with van der Waals surface area (Å²) in [5.74, 6) is -0.650. The van der Waals surface area contributed by atoms with Gasteiger partial charge in [-0.2, -0.15) is 0 Å². The molecule has 0 saturated heterocycles. The van der Waals surface area contributed by atoms with Crippen LogP contribution in [-0.2, 0) is 19.1 Å². The summed E-state index contributed by atoms with van der Waals surface area (Å²) in [4.78, 5) is 21.1. The van der Waals surface area contributed by atoms with Crippen molar-refractivity contribution in [2.75, 3.05) is 7.11 Å². The fourth-order valence-electron chi connectivity index (χ4n) is 1.36. The maximum Gasteiger partial charge on any atom is 0.332 e. The first-order valence-electron chi connectivity index (χ1n) is 6.99. The van der Waals surface area contributed by atoms with Gasteiger partial charge in [0.1, 0.15) is 6.10 Å². The van der Waals surface area contributed by atoms with E-state index in [-0.39, 0.29) is 18.0 Å². The van der Waals surface area contributed by atoms with E-state index in [1.54, 1.807) is 6.92 Å². The smallest absolute Gasteiger partial charge is 0.332 e. The number of esters is 2. The van der Waals surface area contributed by atoms with Gasteiger partial charge in [-0.05, 0) is 26.2 Å². The van der Waals surface area contributed by atoms with Gasteiger partial charge >= 0.3 is 11.9 Å². The predicted molar refractivity (Wildman–Crippen MR) is 81.3 cm³/mol. The van der Waals surface area contributed by atoms with E-state index in [1.165, 1.54) is 26.0 Å². The van der Waals surface area contributed by atoms with Gasteiger partial charge in [0.15, 0.2) is 0 Å². The third-order valence-electron chi connectivity index (χ3n) is 2.57. The Bertz CT molecular complexity index is 308. The molecule has 1 atom stereocenters. The number of methoxy groups -OCH3 is 1. The summed E-state index contributed by atoms with van der Waals surface area (Å²) in [6.45, 7) is 12.5. The normalized spacial score (nSPS) is 10.6. The molecule has 0 radical (unpaired) electrons. The molecule has 0 aromatic heterocycles. The van der Waals surface area contributed by atoms with E-state index < -0.39 is 0 Å². The van der Waals surface area contributed by atoms with Gasteiger partial charge in [-0.1, -0.05) is 39.8 Å². The molecule has 0 amide bonds. The predicted octanol–water partition coefficient (Wildman–Crippen LogP) is 3.81. The van der Waals surface area contributed by atoms with Crippen LogP contribution in [0, 0.1) is 0 Å². The van der Waals surface area contributed by atoms with Crippen molar-refractivity contribution in [2.45, 2.75) is 59.0 Å². The third-order valence-corrected chi connectivity index (χ3v) is 2.57. The van der Waals surface area contributed by atoms with Gasteiger partial charge in [0, 0.05) is 11.6 Å². The fraction of sp³-hybridized carbons (Fsp3) is 0.625. The van der Waals surface area contributed by atoms with E-state index >= 15 is 0 Å². The van der Waals surface area contributed by atoms with Crippen LogP contribution >= 0.6 is 0 Å². The molecule has 4 heteroatoms. The van der Waals surface area contributed by atoms with Crippen LogP contribution in [-0.4, -0.2) is 25.2 Å². The highest BCUT2D eigenvalue weighted by molar-refractivity contribution is 5.86. The second-order valence-corrected chi connectivity index (χ2v) is 4.44. The van der Waals surface area contributed by atoms with E-state index in [1.807, 2.05) is 6.92 Å². The summed E-state index contributed by atoms with van der Waals surface area (Å²) in [5, 5.41) is 0. The fourth-order valence-corrected chi connectivity index (χ4v) is 1.36. The van der Waals surface area contributed by atoms with Crippen LogP contribution in [0.3, 0.4) is 0 Å². The van der Waals surface area contributed by atoms with Crippen LogP contribution in [0.5, 0.6) is 0 Å². The first kappa shape index (κ1) is 20.7. The molecular weight excluding hydrogens is 256 g/mol. The van der Waals surface area contributed by atoms with Gasteiger partial charge in [-0.25, -0.2) is 9.59 Å². The van der Waals surface area contributed by atoms with Crippen molar-refractivity contribution in [3.8, 4) is 0 Å². The van der Waals surface area contributed by atoms with Crippen molar-refractivity contribution in [1.82, 2.24) is 0 Å². The number of unbranched alkanes of at least 4 members (excludes halogenated alkanes) is 2. The molecule has 0 bridgehead atoms. The Kier molecular flexibility index (Phi) is 14.3. The highest BCUT2D eigenvalue weighted by atomic mass is 16.5. The standard InChI is InChI=1S/C11H20O2.C5H8O2/c1-4-7-8-9-10(5-2)13-11(12)6-3;1-4(2)5(6)7-3/h6,10H,3-5,7-9H2,1-2H3;1H2,2-3H3. The maximum absolute atomic E-state index is 10.9. The summed E-state index contributed by atoms with van der Waals surface area (Å²) in [6, 6.07) is 0. The largest absolute Gasteiger partial charge is 0.466 e. The summed E-state index contributed by atoms with van der Waals surface area (Å²) in [5.41, 5.74) is 0.433. The van der Waals surface area contributed by atoms with Crippen LogP contribution in [0.1, 0.15) is 52.9 Å². The van der Waals surface area contributed by atoms with Crippen LogP contribution in [0.2, 0.25) is 0 Å². The minimum atomic E-state index is -0.347. The quantitative estimate of drug-likeness (QED) is 0.386. The lowest BCUT2D eigenvalue weighted by Crippen LogP contribution is -2.15. The summed E-state index contributed by atoms with van der Waals surface area (Å²) < 4.78 is 9.41. The summed E-state index contributed by atoms with van der Waals surface area (Å²) in [6.07, 6.45) is 6.72. The zero-order valence-corrected chi connectivity index (χ0v) is 13.2. The van der Waals surface area contributed by atoms with Gasteiger partial charge in [0.25, 0.3) is 0 Å². The lowest BCUT2D eigenvalue weighted by Gasteiger charge is -2.14. The lowest BCUT2D eigenvalue weighted by molar-refractivity contribution is -0.143. The molecule has 20 heavy (non-hydrogen) atoms. The van der Waals surface area contributed by atoms with Crippen LogP contribution < -0.4 is 0 Å². The lowest BCUT2D eigenvalue weighted by atomic mass is 10.1. The van der Waals surface area contributed by atoms with Gasteiger partial charge in [0.05, 0.1) is 7.11 Å². The Morgan fingerprint density at radius 1 is 1.25 bits per heavy atom. The van der Waals surface area contributed by atoms with Crippen molar-refractivity contribution < 1.29 is 19.1 Å².